The van der Waals surface area contributed by atoms with Crippen molar-refractivity contribution in [3.8, 4) is 5.75 Å². The Kier molecular flexibility index (Phi) is 5.27. The number of amides is 1. The van der Waals surface area contributed by atoms with Crippen LogP contribution in [0.1, 0.15) is 10.4 Å². The molecule has 0 aliphatic rings. The fraction of sp³-hybridized carbons (Fsp3) is 0.417. The molecular formula is C12H18N4O4. The molecule has 0 heterocycles. The number of carbonyl (C=O) groups excluding carboxylic acids is 1. The number of anilines is 1. The minimum absolute atomic E-state index is 0.0884. The fourth-order valence-electron chi connectivity index (χ4n) is 1.71. The number of likely N-dealkylation sites (N-methyl/N-ethyl adjacent to an activating group) is 1. The summed E-state index contributed by atoms with van der Waals surface area (Å²) in [7, 11) is 5.10. The average Bonchev–Trinajstić information content (AvgIpc) is 2.36. The van der Waals surface area contributed by atoms with Gasteiger partial charge >= 0.3 is 0 Å². The molecule has 0 unspecified atom stereocenters. The van der Waals surface area contributed by atoms with E-state index < -0.39 is 10.8 Å². The first-order valence-corrected chi connectivity index (χ1v) is 5.92. The number of nitrogens with zero attached hydrogens (tertiary/aromatic N) is 2. The molecule has 1 aromatic carbocycles. The second-order valence-corrected chi connectivity index (χ2v) is 4.39. The first-order valence-electron chi connectivity index (χ1n) is 5.92. The van der Waals surface area contributed by atoms with E-state index in [0.717, 1.165) is 0 Å². The van der Waals surface area contributed by atoms with Crippen molar-refractivity contribution in [1.29, 1.82) is 0 Å². The molecule has 1 aromatic rings. The second-order valence-electron chi connectivity index (χ2n) is 4.39. The highest BCUT2D eigenvalue weighted by molar-refractivity contribution is 5.99. The van der Waals surface area contributed by atoms with Crippen molar-refractivity contribution in [2.24, 2.45) is 5.73 Å². The molecule has 0 bridgehead atoms. The zero-order valence-corrected chi connectivity index (χ0v) is 11.7. The zero-order valence-electron chi connectivity index (χ0n) is 11.7. The number of nitro benzene ring substituents is 1. The molecule has 0 radical (unpaired) electrons. The van der Waals surface area contributed by atoms with Gasteiger partial charge in [0.1, 0.15) is 0 Å². The number of benzene rings is 1. The number of nitro groups is 1. The SMILES string of the molecule is COc1c(C(N)=O)ccc([N+](=O)[O-])c1NCCN(C)C. The van der Waals surface area contributed by atoms with Gasteiger partial charge in [-0.15, -0.1) is 0 Å². The Morgan fingerprint density at radius 2 is 2.15 bits per heavy atom. The molecule has 0 spiro atoms. The number of primary amides is 1. The Bertz CT molecular complexity index is 516. The summed E-state index contributed by atoms with van der Waals surface area (Å²) in [4.78, 5) is 23.8. The number of hydrogen-bond acceptors (Lipinski definition) is 6. The standard InChI is InChI=1S/C12H18N4O4/c1-15(2)7-6-14-10-9(16(18)19)5-4-8(12(13)17)11(10)20-3/h4-5,14H,6-7H2,1-3H3,(H2,13,17). The number of nitrogens with one attached hydrogen (secondary N) is 1. The molecule has 0 aliphatic heterocycles. The normalized spacial score (nSPS) is 10.4. The maximum Gasteiger partial charge on any atom is 0.296 e. The zero-order chi connectivity index (χ0) is 15.3. The first-order chi connectivity index (χ1) is 9.38. The third-order valence-electron chi connectivity index (χ3n) is 2.66. The molecule has 1 amide bonds. The van der Waals surface area contributed by atoms with Crippen molar-refractivity contribution in [2.75, 3.05) is 39.6 Å². The molecule has 8 nitrogen and oxygen atoms in total. The second kappa shape index (κ2) is 6.71. The predicted molar refractivity (Wildman–Crippen MR) is 75.2 cm³/mol. The Morgan fingerprint density at radius 3 is 2.60 bits per heavy atom. The molecule has 3 N–H and O–H groups in total. The molecule has 1 rings (SSSR count). The summed E-state index contributed by atoms with van der Waals surface area (Å²) in [6.07, 6.45) is 0. The molecule has 0 aliphatic carbocycles. The van der Waals surface area contributed by atoms with Crippen molar-refractivity contribution in [2.45, 2.75) is 0 Å². The van der Waals surface area contributed by atoms with Crippen molar-refractivity contribution in [3.05, 3.63) is 27.8 Å². The lowest BCUT2D eigenvalue weighted by Gasteiger charge is -2.15. The molecule has 0 saturated carbocycles. The topological polar surface area (TPSA) is 111 Å². The number of methoxy groups -OCH3 is 1. The highest BCUT2D eigenvalue weighted by Crippen LogP contribution is 2.37. The lowest BCUT2D eigenvalue weighted by Crippen LogP contribution is -2.22. The summed E-state index contributed by atoms with van der Waals surface area (Å²) in [5, 5.41) is 14.0. The number of ether oxygens (including phenoxy) is 1. The summed E-state index contributed by atoms with van der Waals surface area (Å²) >= 11 is 0. The smallest absolute Gasteiger partial charge is 0.296 e. The lowest BCUT2D eigenvalue weighted by molar-refractivity contribution is -0.384. The Hall–Kier alpha value is -2.35. The summed E-state index contributed by atoms with van der Waals surface area (Å²) in [6.45, 7) is 1.13. The van der Waals surface area contributed by atoms with E-state index in [9.17, 15) is 14.9 Å². The van der Waals surface area contributed by atoms with Gasteiger partial charge in [-0.05, 0) is 20.2 Å². The van der Waals surface area contributed by atoms with Crippen LogP contribution in [-0.2, 0) is 0 Å². The van der Waals surface area contributed by atoms with Gasteiger partial charge in [0.15, 0.2) is 11.4 Å². The van der Waals surface area contributed by atoms with Crippen LogP contribution in [0.2, 0.25) is 0 Å². The van der Waals surface area contributed by atoms with Gasteiger partial charge in [0.2, 0.25) is 0 Å². The third kappa shape index (κ3) is 3.58. The monoisotopic (exact) mass is 282 g/mol. The third-order valence-corrected chi connectivity index (χ3v) is 2.66. The molecule has 0 fully saturated rings. The molecule has 8 heteroatoms. The van der Waals surface area contributed by atoms with Crippen molar-refractivity contribution in [1.82, 2.24) is 4.90 Å². The minimum atomic E-state index is -0.701. The van der Waals surface area contributed by atoms with Crippen LogP contribution in [0.4, 0.5) is 11.4 Å². The van der Waals surface area contributed by atoms with Gasteiger partial charge < -0.3 is 20.7 Å². The van der Waals surface area contributed by atoms with Crippen molar-refractivity contribution >= 4 is 17.3 Å². The van der Waals surface area contributed by atoms with E-state index >= 15 is 0 Å². The van der Waals surface area contributed by atoms with Crippen LogP contribution < -0.4 is 15.8 Å². The minimum Gasteiger partial charge on any atom is -0.493 e. The van der Waals surface area contributed by atoms with E-state index in [1.165, 1.54) is 19.2 Å². The number of nitrogens with two attached hydrogens (primary N) is 1. The van der Waals surface area contributed by atoms with Crippen LogP contribution in [0.5, 0.6) is 5.75 Å². The maximum atomic E-state index is 11.3. The fourth-order valence-corrected chi connectivity index (χ4v) is 1.71. The van der Waals surface area contributed by atoms with Gasteiger partial charge in [0, 0.05) is 19.2 Å². The summed E-state index contributed by atoms with van der Waals surface area (Å²) in [5.41, 5.74) is 5.34. The van der Waals surface area contributed by atoms with Gasteiger partial charge in [0.25, 0.3) is 11.6 Å². The largest absolute Gasteiger partial charge is 0.493 e. The highest BCUT2D eigenvalue weighted by Gasteiger charge is 2.23. The number of rotatable bonds is 7. The first kappa shape index (κ1) is 15.7. The van der Waals surface area contributed by atoms with E-state index in [2.05, 4.69) is 5.32 Å². The Morgan fingerprint density at radius 1 is 1.50 bits per heavy atom. The highest BCUT2D eigenvalue weighted by atomic mass is 16.6. The summed E-state index contributed by atoms with van der Waals surface area (Å²) in [6, 6.07) is 2.52. The van der Waals surface area contributed by atoms with Gasteiger partial charge in [-0.2, -0.15) is 0 Å². The average molecular weight is 282 g/mol. The van der Waals surface area contributed by atoms with Crippen molar-refractivity contribution in [3.63, 3.8) is 0 Å². The van der Waals surface area contributed by atoms with Gasteiger partial charge in [-0.1, -0.05) is 0 Å². The molecule has 0 atom stereocenters. The van der Waals surface area contributed by atoms with Crippen LogP contribution >= 0.6 is 0 Å². The maximum absolute atomic E-state index is 11.3. The summed E-state index contributed by atoms with van der Waals surface area (Å²) < 4.78 is 5.10. The molecular weight excluding hydrogens is 264 g/mol. The lowest BCUT2D eigenvalue weighted by atomic mass is 10.1. The van der Waals surface area contributed by atoms with Gasteiger partial charge in [-0.3, -0.25) is 14.9 Å². The van der Waals surface area contributed by atoms with Crippen molar-refractivity contribution < 1.29 is 14.5 Å². The van der Waals surface area contributed by atoms with Crippen LogP contribution in [0, 0.1) is 10.1 Å². The van der Waals surface area contributed by atoms with E-state index in [1.54, 1.807) is 0 Å². The molecule has 0 aromatic heterocycles. The van der Waals surface area contributed by atoms with E-state index in [1.807, 2.05) is 19.0 Å². The van der Waals surface area contributed by atoms with E-state index in [-0.39, 0.29) is 22.7 Å². The van der Waals surface area contributed by atoms with E-state index in [0.29, 0.717) is 13.1 Å². The molecule has 0 saturated heterocycles. The number of carbonyl (C=O) groups is 1. The van der Waals surface area contributed by atoms with Gasteiger partial charge in [-0.25, -0.2) is 0 Å². The Balaban J connectivity index is 3.22. The summed E-state index contributed by atoms with van der Waals surface area (Å²) in [5.74, 6) is -0.613. The number of hydrogen-bond donors (Lipinski definition) is 2. The molecule has 110 valence electrons. The molecule has 20 heavy (non-hydrogen) atoms. The van der Waals surface area contributed by atoms with Crippen LogP contribution in [0.3, 0.4) is 0 Å². The predicted octanol–water partition coefficient (Wildman–Crippen LogP) is 0.676. The van der Waals surface area contributed by atoms with Crippen LogP contribution in [0.15, 0.2) is 12.1 Å². The van der Waals surface area contributed by atoms with Crippen LogP contribution in [0.25, 0.3) is 0 Å². The van der Waals surface area contributed by atoms with E-state index in [4.69, 9.17) is 10.5 Å². The van der Waals surface area contributed by atoms with Crippen LogP contribution in [-0.4, -0.2) is 50.0 Å². The Labute approximate surface area is 116 Å². The quantitative estimate of drug-likeness (QED) is 0.562. The van der Waals surface area contributed by atoms with Gasteiger partial charge in [0.05, 0.1) is 17.6 Å².